The van der Waals surface area contributed by atoms with Gasteiger partial charge in [0.05, 0.1) is 23.5 Å². The average Bonchev–Trinajstić information content (AvgIpc) is 3.19. The van der Waals surface area contributed by atoms with Crippen LogP contribution in [0.1, 0.15) is 28.2 Å². The number of aromatic nitrogens is 1. The van der Waals surface area contributed by atoms with Crippen LogP contribution in [0, 0.1) is 6.92 Å². The first-order valence-electron chi connectivity index (χ1n) is 7.99. The smallest absolute Gasteiger partial charge is 0.174 e. The number of rotatable bonds is 3. The quantitative estimate of drug-likeness (QED) is 0.675. The molecule has 0 aliphatic carbocycles. The fraction of sp³-hybridized carbons (Fsp3) is 0.158. The summed E-state index contributed by atoms with van der Waals surface area (Å²) in [5, 5.41) is 16.5. The van der Waals surface area contributed by atoms with Crippen molar-refractivity contribution >= 4 is 34.4 Å². The highest BCUT2D eigenvalue weighted by Gasteiger charge is 2.42. The Hall–Kier alpha value is -2.44. The molecule has 0 spiro atoms. The molecule has 2 N–H and O–H groups in total. The van der Waals surface area contributed by atoms with Crippen LogP contribution in [0.2, 0.25) is 0 Å². The number of hydrogen-bond acceptors (Lipinski definition) is 4. The second-order valence-corrected chi connectivity index (χ2v) is 7.29. The molecule has 4 rings (SSSR count). The number of thiocarbonyl (C=S) groups is 1. The van der Waals surface area contributed by atoms with Gasteiger partial charge in [-0.3, -0.25) is 4.98 Å². The maximum Gasteiger partial charge on any atom is 0.174 e. The van der Waals surface area contributed by atoms with Gasteiger partial charge in [0.2, 0.25) is 0 Å². The van der Waals surface area contributed by atoms with Crippen molar-refractivity contribution in [3.05, 3.63) is 76.2 Å². The van der Waals surface area contributed by atoms with Gasteiger partial charge in [-0.2, -0.15) is 0 Å². The van der Waals surface area contributed by atoms with E-state index < -0.39 is 0 Å². The Balaban J connectivity index is 1.87. The molecule has 3 heterocycles. The topological polar surface area (TPSA) is 48.4 Å². The maximum absolute atomic E-state index is 10.4. The number of para-hydroxylation sites is 2. The molecule has 3 aromatic rings. The molecule has 1 fully saturated rings. The van der Waals surface area contributed by atoms with Crippen LogP contribution in [-0.2, 0) is 0 Å². The first-order chi connectivity index (χ1) is 12.2. The molecule has 1 aliphatic rings. The van der Waals surface area contributed by atoms with Crippen LogP contribution in [0.5, 0.6) is 5.75 Å². The molecule has 0 saturated carbocycles. The Morgan fingerprint density at radius 1 is 1.16 bits per heavy atom. The molecule has 1 aliphatic heterocycles. The molecule has 2 atom stereocenters. The zero-order valence-corrected chi connectivity index (χ0v) is 15.2. The minimum Gasteiger partial charge on any atom is -0.506 e. The molecule has 0 radical (unpaired) electrons. The van der Waals surface area contributed by atoms with Crippen LogP contribution in [0.4, 0.5) is 5.69 Å². The predicted molar refractivity (Wildman–Crippen MR) is 105 cm³/mol. The predicted octanol–water partition coefficient (Wildman–Crippen LogP) is 4.33. The summed E-state index contributed by atoms with van der Waals surface area (Å²) in [5.74, 6) is 0.215. The molecular weight excluding hydrogens is 350 g/mol. The highest BCUT2D eigenvalue weighted by Crippen LogP contribution is 2.46. The zero-order valence-electron chi connectivity index (χ0n) is 13.6. The molecule has 1 saturated heterocycles. The lowest BCUT2D eigenvalue weighted by Gasteiger charge is -2.28. The lowest BCUT2D eigenvalue weighted by molar-refractivity contribution is 0.473. The second-order valence-electron chi connectivity index (χ2n) is 5.95. The first-order valence-corrected chi connectivity index (χ1v) is 9.28. The second kappa shape index (κ2) is 6.46. The maximum atomic E-state index is 10.4. The van der Waals surface area contributed by atoms with Crippen molar-refractivity contribution in [3.8, 4) is 5.75 Å². The van der Waals surface area contributed by atoms with Gasteiger partial charge in [0.15, 0.2) is 5.11 Å². The number of benzene rings is 1. The molecule has 6 heteroatoms. The summed E-state index contributed by atoms with van der Waals surface area (Å²) in [7, 11) is 0. The van der Waals surface area contributed by atoms with E-state index in [-0.39, 0.29) is 17.8 Å². The Labute approximate surface area is 155 Å². The van der Waals surface area contributed by atoms with Crippen LogP contribution in [-0.4, -0.2) is 15.2 Å². The summed E-state index contributed by atoms with van der Waals surface area (Å²) in [6.45, 7) is 2.10. The van der Waals surface area contributed by atoms with Gasteiger partial charge in [-0.05, 0) is 60.4 Å². The molecule has 126 valence electrons. The van der Waals surface area contributed by atoms with Gasteiger partial charge >= 0.3 is 0 Å². The number of phenolic OH excluding ortho intramolecular Hbond substituents is 1. The molecule has 1 aromatic carbocycles. The standard InChI is InChI=1S/C19H17N3OS2/c1-12-9-11-25-18(12)17-16(13-6-4-5-10-20-13)21-19(24)22(17)14-7-2-3-8-15(14)23/h2-11,16-17,23H,1H3,(H,21,24)/t16-,17+/m1/s1. The van der Waals surface area contributed by atoms with E-state index in [1.54, 1.807) is 23.6 Å². The lowest BCUT2D eigenvalue weighted by Crippen LogP contribution is -2.29. The van der Waals surface area contributed by atoms with Gasteiger partial charge < -0.3 is 15.3 Å². The van der Waals surface area contributed by atoms with Gasteiger partial charge in [-0.1, -0.05) is 18.2 Å². The largest absolute Gasteiger partial charge is 0.506 e. The fourth-order valence-electron chi connectivity index (χ4n) is 3.24. The number of hydrogen-bond donors (Lipinski definition) is 2. The van der Waals surface area contributed by atoms with Crippen LogP contribution in [0.15, 0.2) is 60.1 Å². The lowest BCUT2D eigenvalue weighted by atomic mass is 10.0. The van der Waals surface area contributed by atoms with Gasteiger partial charge in [0, 0.05) is 11.1 Å². The zero-order chi connectivity index (χ0) is 17.4. The summed E-state index contributed by atoms with van der Waals surface area (Å²) in [6, 6.07) is 15.2. The number of thiophene rings is 1. The minimum atomic E-state index is -0.0781. The molecule has 0 bridgehead atoms. The van der Waals surface area contributed by atoms with Crippen molar-refractivity contribution in [1.29, 1.82) is 0 Å². The van der Waals surface area contributed by atoms with E-state index >= 15 is 0 Å². The minimum absolute atomic E-state index is 0.0595. The molecule has 25 heavy (non-hydrogen) atoms. The summed E-state index contributed by atoms with van der Waals surface area (Å²) in [4.78, 5) is 7.75. The van der Waals surface area contributed by atoms with Crippen molar-refractivity contribution in [2.24, 2.45) is 0 Å². The third-order valence-corrected chi connectivity index (χ3v) is 5.81. The van der Waals surface area contributed by atoms with E-state index in [2.05, 4.69) is 28.7 Å². The van der Waals surface area contributed by atoms with Crippen molar-refractivity contribution in [2.75, 3.05) is 4.90 Å². The highest BCUT2D eigenvalue weighted by atomic mass is 32.1. The highest BCUT2D eigenvalue weighted by molar-refractivity contribution is 7.80. The Morgan fingerprint density at radius 2 is 1.96 bits per heavy atom. The number of aromatic hydroxyl groups is 1. The van der Waals surface area contributed by atoms with Crippen LogP contribution < -0.4 is 10.2 Å². The van der Waals surface area contributed by atoms with Crippen LogP contribution in [0.3, 0.4) is 0 Å². The number of pyridine rings is 1. The number of phenols is 1. The molecule has 0 unspecified atom stereocenters. The third-order valence-electron chi connectivity index (χ3n) is 4.41. The summed E-state index contributed by atoms with van der Waals surface area (Å²) in [6.07, 6.45) is 1.79. The van der Waals surface area contributed by atoms with Gasteiger partial charge in [0.25, 0.3) is 0 Å². The number of anilines is 1. The van der Waals surface area contributed by atoms with Gasteiger partial charge in [0.1, 0.15) is 5.75 Å². The Kier molecular flexibility index (Phi) is 4.15. The third kappa shape index (κ3) is 2.77. The Morgan fingerprint density at radius 3 is 2.64 bits per heavy atom. The van der Waals surface area contributed by atoms with Crippen molar-refractivity contribution < 1.29 is 5.11 Å². The van der Waals surface area contributed by atoms with Crippen LogP contribution >= 0.6 is 23.6 Å². The number of aryl methyl sites for hydroxylation is 1. The number of nitrogens with one attached hydrogen (secondary N) is 1. The van der Waals surface area contributed by atoms with E-state index in [0.29, 0.717) is 10.8 Å². The van der Waals surface area contributed by atoms with Crippen molar-refractivity contribution in [2.45, 2.75) is 19.0 Å². The summed E-state index contributed by atoms with van der Waals surface area (Å²) >= 11 is 7.33. The first kappa shape index (κ1) is 16.1. The summed E-state index contributed by atoms with van der Waals surface area (Å²) < 4.78 is 0. The molecular formula is C19H17N3OS2. The monoisotopic (exact) mass is 367 g/mol. The average molecular weight is 367 g/mol. The molecule has 2 aromatic heterocycles. The number of nitrogens with zero attached hydrogens (tertiary/aromatic N) is 2. The van der Waals surface area contributed by atoms with E-state index in [4.69, 9.17) is 12.2 Å². The summed E-state index contributed by atoms with van der Waals surface area (Å²) in [5.41, 5.74) is 2.85. The fourth-order valence-corrected chi connectivity index (χ4v) is 4.63. The van der Waals surface area contributed by atoms with Crippen molar-refractivity contribution in [1.82, 2.24) is 10.3 Å². The Bertz CT molecular complexity index is 910. The van der Waals surface area contributed by atoms with E-state index in [1.165, 1.54) is 10.4 Å². The van der Waals surface area contributed by atoms with E-state index in [1.807, 2.05) is 41.3 Å². The normalized spacial score (nSPS) is 19.9. The van der Waals surface area contributed by atoms with E-state index in [9.17, 15) is 5.11 Å². The van der Waals surface area contributed by atoms with Gasteiger partial charge in [-0.25, -0.2) is 0 Å². The van der Waals surface area contributed by atoms with Crippen molar-refractivity contribution in [3.63, 3.8) is 0 Å². The van der Waals surface area contributed by atoms with E-state index in [0.717, 1.165) is 5.69 Å². The molecule has 4 nitrogen and oxygen atoms in total. The van der Waals surface area contributed by atoms with Gasteiger partial charge in [-0.15, -0.1) is 11.3 Å². The SMILES string of the molecule is Cc1ccsc1[C@@H]1[C@@H](c2ccccn2)NC(=S)N1c1ccccc1O. The molecule has 0 amide bonds. The van der Waals surface area contributed by atoms with Crippen LogP contribution in [0.25, 0.3) is 0 Å².